The molecule has 0 heterocycles. The molecule has 0 unspecified atom stereocenters. The number of hydrogen-bond acceptors (Lipinski definition) is 3. The van der Waals surface area contributed by atoms with Gasteiger partial charge in [0.2, 0.25) is 11.8 Å². The van der Waals surface area contributed by atoms with Crippen molar-refractivity contribution in [2.24, 2.45) is 5.41 Å². The number of nitrogens with one attached hydrogen (secondary N) is 2. The van der Waals surface area contributed by atoms with E-state index in [1.165, 1.54) is 0 Å². The quantitative estimate of drug-likeness (QED) is 0.838. The molecule has 0 saturated heterocycles. The number of carbonyl (C=O) groups excluding carboxylic acids is 3. The highest BCUT2D eigenvalue weighted by Crippen LogP contribution is 2.14. The summed E-state index contributed by atoms with van der Waals surface area (Å²) in [4.78, 5) is 37.8. The zero-order valence-electron chi connectivity index (χ0n) is 15.1. The summed E-state index contributed by atoms with van der Waals surface area (Å²) in [6.07, 6.45) is 0. The molecule has 3 amide bonds. The smallest absolute Gasteiger partial charge is 0.253 e. The third-order valence-corrected chi connectivity index (χ3v) is 3.53. The molecule has 2 N–H and O–H groups in total. The van der Waals surface area contributed by atoms with Crippen LogP contribution >= 0.6 is 0 Å². The summed E-state index contributed by atoms with van der Waals surface area (Å²) in [5.74, 6) is -0.597. The van der Waals surface area contributed by atoms with Gasteiger partial charge in [-0.3, -0.25) is 14.4 Å². The fourth-order valence-electron chi connectivity index (χ4n) is 2.05. The van der Waals surface area contributed by atoms with E-state index >= 15 is 0 Å². The van der Waals surface area contributed by atoms with E-state index in [-0.39, 0.29) is 24.3 Å². The number of benzene rings is 1. The summed E-state index contributed by atoms with van der Waals surface area (Å²) < 4.78 is 0. The second-order valence-corrected chi connectivity index (χ2v) is 6.54. The first-order valence-corrected chi connectivity index (χ1v) is 8.16. The van der Waals surface area contributed by atoms with Crippen molar-refractivity contribution in [1.82, 2.24) is 10.2 Å². The van der Waals surface area contributed by atoms with Crippen LogP contribution in [-0.2, 0) is 9.59 Å². The molecule has 6 heteroatoms. The number of carbonyl (C=O) groups is 3. The Balaban J connectivity index is 2.69. The molecule has 0 aliphatic carbocycles. The van der Waals surface area contributed by atoms with Crippen molar-refractivity contribution < 1.29 is 14.4 Å². The van der Waals surface area contributed by atoms with Crippen molar-refractivity contribution in [2.75, 3.05) is 25.0 Å². The predicted molar refractivity (Wildman–Crippen MR) is 94.8 cm³/mol. The lowest BCUT2D eigenvalue weighted by atomic mass is 9.96. The molecule has 0 fully saturated rings. The zero-order valence-corrected chi connectivity index (χ0v) is 15.1. The molecule has 0 bridgehead atoms. The molecular weight excluding hydrogens is 306 g/mol. The minimum atomic E-state index is -0.545. The first-order chi connectivity index (χ1) is 11.2. The Bertz CT molecular complexity index is 602. The van der Waals surface area contributed by atoms with E-state index in [0.717, 1.165) is 0 Å². The van der Waals surface area contributed by atoms with E-state index in [1.54, 1.807) is 49.9 Å². The SMILES string of the molecule is CCN(CC)C(=O)c1cccc(NC(=O)CNC(=O)C(C)(C)C)c1. The fraction of sp³-hybridized carbons (Fsp3) is 0.500. The van der Waals surface area contributed by atoms with Gasteiger partial charge in [-0.15, -0.1) is 0 Å². The van der Waals surface area contributed by atoms with Crippen LogP contribution in [0.3, 0.4) is 0 Å². The largest absolute Gasteiger partial charge is 0.347 e. The van der Waals surface area contributed by atoms with Crippen molar-refractivity contribution in [3.8, 4) is 0 Å². The molecular formula is C18H27N3O3. The Morgan fingerprint density at radius 1 is 1.08 bits per heavy atom. The van der Waals surface area contributed by atoms with Crippen LogP contribution in [0.15, 0.2) is 24.3 Å². The summed E-state index contributed by atoms with van der Waals surface area (Å²) in [7, 11) is 0. The summed E-state index contributed by atoms with van der Waals surface area (Å²) in [5.41, 5.74) is 0.509. The molecule has 0 spiro atoms. The lowest BCUT2D eigenvalue weighted by molar-refractivity contribution is -0.130. The van der Waals surface area contributed by atoms with Gasteiger partial charge in [-0.1, -0.05) is 26.8 Å². The van der Waals surface area contributed by atoms with Gasteiger partial charge >= 0.3 is 0 Å². The third-order valence-electron chi connectivity index (χ3n) is 3.53. The molecule has 0 atom stereocenters. The fourth-order valence-corrected chi connectivity index (χ4v) is 2.05. The van der Waals surface area contributed by atoms with E-state index in [0.29, 0.717) is 24.3 Å². The standard InChI is InChI=1S/C18H27N3O3/c1-6-21(7-2)16(23)13-9-8-10-14(11-13)20-15(22)12-19-17(24)18(3,4)5/h8-11H,6-7,12H2,1-5H3,(H,19,24)(H,20,22). The van der Waals surface area contributed by atoms with Gasteiger partial charge in [-0.25, -0.2) is 0 Å². The maximum atomic E-state index is 12.3. The van der Waals surface area contributed by atoms with Crippen LogP contribution in [0.4, 0.5) is 5.69 Å². The second kappa shape index (κ2) is 8.47. The van der Waals surface area contributed by atoms with Gasteiger partial charge in [-0.05, 0) is 32.0 Å². The minimum Gasteiger partial charge on any atom is -0.347 e. The molecule has 1 rings (SSSR count). The number of hydrogen-bond donors (Lipinski definition) is 2. The highest BCUT2D eigenvalue weighted by atomic mass is 16.2. The number of amides is 3. The number of rotatable bonds is 6. The topological polar surface area (TPSA) is 78.5 Å². The molecule has 0 aromatic heterocycles. The van der Waals surface area contributed by atoms with Crippen molar-refractivity contribution in [2.45, 2.75) is 34.6 Å². The first kappa shape index (κ1) is 19.7. The summed E-state index contributed by atoms with van der Waals surface area (Å²) in [6, 6.07) is 6.80. The highest BCUT2D eigenvalue weighted by Gasteiger charge is 2.21. The van der Waals surface area contributed by atoms with E-state index < -0.39 is 5.41 Å². The van der Waals surface area contributed by atoms with Crippen molar-refractivity contribution in [3.63, 3.8) is 0 Å². The van der Waals surface area contributed by atoms with E-state index in [4.69, 9.17) is 0 Å². The van der Waals surface area contributed by atoms with E-state index in [2.05, 4.69) is 10.6 Å². The van der Waals surface area contributed by atoms with Crippen LogP contribution in [-0.4, -0.2) is 42.3 Å². The molecule has 132 valence electrons. The molecule has 24 heavy (non-hydrogen) atoms. The van der Waals surface area contributed by atoms with Gasteiger partial charge in [0.15, 0.2) is 0 Å². The Kier molecular flexibility index (Phi) is 6.95. The van der Waals surface area contributed by atoms with Gasteiger partial charge in [0, 0.05) is 29.8 Å². The van der Waals surface area contributed by atoms with E-state index in [9.17, 15) is 14.4 Å². The Morgan fingerprint density at radius 3 is 2.25 bits per heavy atom. The third kappa shape index (κ3) is 5.68. The first-order valence-electron chi connectivity index (χ1n) is 8.16. The molecule has 1 aromatic carbocycles. The lowest BCUT2D eigenvalue weighted by Crippen LogP contribution is -2.39. The molecule has 0 aliphatic rings. The minimum absolute atomic E-state index is 0.0721. The number of anilines is 1. The zero-order chi connectivity index (χ0) is 18.3. The normalized spacial score (nSPS) is 10.9. The number of nitrogens with zero attached hydrogens (tertiary/aromatic N) is 1. The summed E-state index contributed by atoms with van der Waals surface area (Å²) >= 11 is 0. The average molecular weight is 333 g/mol. The van der Waals surface area contributed by atoms with Crippen molar-refractivity contribution >= 4 is 23.4 Å². The average Bonchev–Trinajstić information content (AvgIpc) is 2.53. The maximum Gasteiger partial charge on any atom is 0.253 e. The molecule has 0 saturated carbocycles. The summed E-state index contributed by atoms with van der Waals surface area (Å²) in [6.45, 7) is 10.3. The van der Waals surface area contributed by atoms with Gasteiger partial charge in [0.05, 0.1) is 6.54 Å². The van der Waals surface area contributed by atoms with Gasteiger partial charge in [-0.2, -0.15) is 0 Å². The molecule has 0 aliphatic heterocycles. The Labute approximate surface area is 143 Å². The van der Waals surface area contributed by atoms with Gasteiger partial charge in [0.25, 0.3) is 5.91 Å². The van der Waals surface area contributed by atoms with Crippen LogP contribution in [0.1, 0.15) is 45.0 Å². The van der Waals surface area contributed by atoms with Crippen molar-refractivity contribution in [3.05, 3.63) is 29.8 Å². The molecule has 1 aromatic rings. The maximum absolute atomic E-state index is 12.3. The lowest BCUT2D eigenvalue weighted by Gasteiger charge is -2.19. The van der Waals surface area contributed by atoms with Crippen LogP contribution in [0, 0.1) is 5.41 Å². The van der Waals surface area contributed by atoms with Gasteiger partial charge < -0.3 is 15.5 Å². The predicted octanol–water partition coefficient (Wildman–Crippen LogP) is 2.27. The van der Waals surface area contributed by atoms with Crippen molar-refractivity contribution in [1.29, 1.82) is 0 Å². The highest BCUT2D eigenvalue weighted by molar-refractivity contribution is 5.98. The van der Waals surface area contributed by atoms with Crippen LogP contribution < -0.4 is 10.6 Å². The Morgan fingerprint density at radius 2 is 1.71 bits per heavy atom. The molecule has 0 radical (unpaired) electrons. The second-order valence-electron chi connectivity index (χ2n) is 6.54. The Hall–Kier alpha value is -2.37. The summed E-state index contributed by atoms with van der Waals surface area (Å²) in [5, 5.41) is 5.28. The van der Waals surface area contributed by atoms with Gasteiger partial charge in [0.1, 0.15) is 0 Å². The monoisotopic (exact) mass is 333 g/mol. The molecule has 6 nitrogen and oxygen atoms in total. The van der Waals surface area contributed by atoms with E-state index in [1.807, 2.05) is 13.8 Å². The van der Waals surface area contributed by atoms with Crippen LogP contribution in [0.25, 0.3) is 0 Å². The van der Waals surface area contributed by atoms with Crippen LogP contribution in [0.5, 0.6) is 0 Å². The van der Waals surface area contributed by atoms with Crippen LogP contribution in [0.2, 0.25) is 0 Å².